The molecule has 2 aliphatic rings. The Kier molecular flexibility index (Phi) is 2.57. The Morgan fingerprint density at radius 3 is 2.24 bits per heavy atom. The monoisotopic (exact) mass is 278 g/mol. The minimum atomic E-state index is -0.289. The van der Waals surface area contributed by atoms with Gasteiger partial charge in [0, 0.05) is 5.56 Å². The van der Waals surface area contributed by atoms with Crippen LogP contribution in [-0.2, 0) is 0 Å². The van der Waals surface area contributed by atoms with Crippen LogP contribution in [0.15, 0.2) is 54.6 Å². The summed E-state index contributed by atoms with van der Waals surface area (Å²) in [6.45, 7) is 0. The van der Waals surface area contributed by atoms with E-state index in [0.717, 1.165) is 16.7 Å². The summed E-state index contributed by atoms with van der Waals surface area (Å²) in [7, 11) is 0. The Hall–Kier alpha value is -2.62. The van der Waals surface area contributed by atoms with Crippen molar-refractivity contribution in [3.05, 3.63) is 71.3 Å². The van der Waals surface area contributed by atoms with Crippen LogP contribution in [0.2, 0.25) is 0 Å². The average Bonchev–Trinajstić information content (AvgIpc) is 2.81. The van der Waals surface area contributed by atoms with Gasteiger partial charge in [0.15, 0.2) is 5.78 Å². The third kappa shape index (κ3) is 1.76. The highest BCUT2D eigenvalue weighted by Crippen LogP contribution is 2.44. The average molecular weight is 278 g/mol. The summed E-state index contributed by atoms with van der Waals surface area (Å²) in [4.78, 5) is 24.7. The van der Waals surface area contributed by atoms with Crippen molar-refractivity contribution in [2.75, 3.05) is 0 Å². The molecule has 104 valence electrons. The van der Waals surface area contributed by atoms with E-state index >= 15 is 0 Å². The van der Waals surface area contributed by atoms with Crippen molar-refractivity contribution in [3.63, 3.8) is 0 Å². The van der Waals surface area contributed by atoms with Crippen molar-refractivity contribution in [3.8, 4) is 0 Å². The zero-order valence-corrected chi connectivity index (χ0v) is 11.2. The number of hydrogen-bond donors (Lipinski definition) is 2. The molecule has 2 N–H and O–H groups in total. The lowest BCUT2D eigenvalue weighted by atomic mass is 9.85. The van der Waals surface area contributed by atoms with E-state index in [-0.39, 0.29) is 29.8 Å². The maximum atomic E-state index is 12.7. The van der Waals surface area contributed by atoms with Gasteiger partial charge in [-0.15, -0.1) is 0 Å². The van der Waals surface area contributed by atoms with Crippen molar-refractivity contribution in [1.29, 1.82) is 0 Å². The molecule has 0 saturated carbocycles. The van der Waals surface area contributed by atoms with Gasteiger partial charge in [0.1, 0.15) is 0 Å². The molecule has 4 rings (SSSR count). The number of benzene rings is 2. The van der Waals surface area contributed by atoms with E-state index in [4.69, 9.17) is 0 Å². The Balaban J connectivity index is 1.82. The summed E-state index contributed by atoms with van der Waals surface area (Å²) < 4.78 is 0. The second-order valence-electron chi connectivity index (χ2n) is 5.46. The van der Waals surface area contributed by atoms with Crippen LogP contribution in [0.25, 0.3) is 0 Å². The fourth-order valence-electron chi connectivity index (χ4n) is 3.39. The highest BCUT2D eigenvalue weighted by molar-refractivity contribution is 6.05. The van der Waals surface area contributed by atoms with Crippen molar-refractivity contribution < 1.29 is 9.59 Å². The molecule has 0 bridgehead atoms. The molecule has 1 aliphatic heterocycles. The normalized spacial score (nSPS) is 26.6. The van der Waals surface area contributed by atoms with Crippen LogP contribution < -0.4 is 10.6 Å². The molecule has 1 aliphatic carbocycles. The first-order chi connectivity index (χ1) is 10.3. The number of carbonyl (C=O) groups is 2. The standard InChI is InChI=1S/C17H14N2O2/c20-16-12-9-5-4-8-11(12)15-13(16)14(18-17(21)19-15)10-6-2-1-3-7-10/h1-9,13-15H,(H2,18,19,21). The van der Waals surface area contributed by atoms with Crippen LogP contribution >= 0.6 is 0 Å². The first-order valence-electron chi connectivity index (χ1n) is 7.01. The molecule has 4 heteroatoms. The molecule has 2 amide bonds. The Labute approximate surface area is 122 Å². The molecule has 0 spiro atoms. The van der Waals surface area contributed by atoms with Gasteiger partial charge in [0.25, 0.3) is 0 Å². The highest BCUT2D eigenvalue weighted by atomic mass is 16.2. The number of Topliss-reactive ketones (excluding diaryl/α,β-unsaturated/α-hetero) is 1. The van der Waals surface area contributed by atoms with Gasteiger partial charge in [-0.3, -0.25) is 4.79 Å². The number of amides is 2. The van der Waals surface area contributed by atoms with Crippen LogP contribution in [-0.4, -0.2) is 11.8 Å². The fourth-order valence-corrected chi connectivity index (χ4v) is 3.39. The second-order valence-corrected chi connectivity index (χ2v) is 5.46. The third-order valence-corrected chi connectivity index (χ3v) is 4.31. The summed E-state index contributed by atoms with van der Waals surface area (Å²) in [5.74, 6) is -0.195. The minimum absolute atomic E-state index is 0.0944. The lowest BCUT2D eigenvalue weighted by molar-refractivity contribution is 0.0867. The molecule has 3 atom stereocenters. The molecule has 3 unspecified atom stereocenters. The first kappa shape index (κ1) is 12.1. The minimum Gasteiger partial charge on any atom is -0.331 e. The van der Waals surface area contributed by atoms with E-state index in [1.54, 1.807) is 0 Å². The van der Waals surface area contributed by atoms with Gasteiger partial charge in [-0.2, -0.15) is 0 Å². The number of nitrogens with one attached hydrogen (secondary N) is 2. The summed E-state index contributed by atoms with van der Waals surface area (Å²) in [6.07, 6.45) is 0. The van der Waals surface area contributed by atoms with E-state index in [2.05, 4.69) is 10.6 Å². The van der Waals surface area contributed by atoms with Crippen molar-refractivity contribution in [2.24, 2.45) is 5.92 Å². The molecule has 1 saturated heterocycles. The summed E-state index contributed by atoms with van der Waals surface area (Å²) in [6, 6.07) is 16.4. The Morgan fingerprint density at radius 2 is 1.43 bits per heavy atom. The molecule has 0 radical (unpaired) electrons. The van der Waals surface area contributed by atoms with E-state index in [9.17, 15) is 9.59 Å². The number of ketones is 1. The maximum absolute atomic E-state index is 12.7. The lowest BCUT2D eigenvalue weighted by Gasteiger charge is -2.34. The zero-order valence-electron chi connectivity index (χ0n) is 11.2. The second kappa shape index (κ2) is 4.45. The van der Waals surface area contributed by atoms with Crippen molar-refractivity contribution in [2.45, 2.75) is 12.1 Å². The summed E-state index contributed by atoms with van der Waals surface area (Å²) in [5.41, 5.74) is 2.60. The number of urea groups is 1. The van der Waals surface area contributed by atoms with Gasteiger partial charge in [-0.1, -0.05) is 54.6 Å². The largest absolute Gasteiger partial charge is 0.331 e. The van der Waals surface area contributed by atoms with E-state index < -0.39 is 0 Å². The van der Waals surface area contributed by atoms with E-state index in [1.165, 1.54) is 0 Å². The van der Waals surface area contributed by atoms with Crippen LogP contribution in [0.4, 0.5) is 4.79 Å². The third-order valence-electron chi connectivity index (χ3n) is 4.31. The molecule has 21 heavy (non-hydrogen) atoms. The Morgan fingerprint density at radius 1 is 0.762 bits per heavy atom. The van der Waals surface area contributed by atoms with Gasteiger partial charge in [0.2, 0.25) is 0 Å². The van der Waals surface area contributed by atoms with Gasteiger partial charge in [-0.25, -0.2) is 4.79 Å². The van der Waals surface area contributed by atoms with Gasteiger partial charge in [-0.05, 0) is 11.1 Å². The predicted octanol–water partition coefficient (Wildman–Crippen LogP) is 2.59. The summed E-state index contributed by atoms with van der Waals surface area (Å²) in [5, 5.41) is 5.79. The number of rotatable bonds is 1. The lowest BCUT2D eigenvalue weighted by Crippen LogP contribution is -2.51. The molecule has 0 aromatic heterocycles. The van der Waals surface area contributed by atoms with E-state index in [1.807, 2.05) is 54.6 Å². The molecule has 2 aromatic carbocycles. The molecule has 4 nitrogen and oxygen atoms in total. The molecule has 1 fully saturated rings. The molecular formula is C17H14N2O2. The molecule has 2 aromatic rings. The number of carbonyl (C=O) groups excluding carboxylic acids is 2. The topological polar surface area (TPSA) is 58.2 Å². The summed E-state index contributed by atoms with van der Waals surface area (Å²) >= 11 is 0. The fraction of sp³-hybridized carbons (Fsp3) is 0.176. The quantitative estimate of drug-likeness (QED) is 0.842. The van der Waals surface area contributed by atoms with Crippen molar-refractivity contribution in [1.82, 2.24) is 10.6 Å². The van der Waals surface area contributed by atoms with E-state index in [0.29, 0.717) is 0 Å². The smallest absolute Gasteiger partial charge is 0.315 e. The van der Waals surface area contributed by atoms with Crippen LogP contribution in [0.1, 0.15) is 33.6 Å². The molecular weight excluding hydrogens is 264 g/mol. The van der Waals surface area contributed by atoms with Gasteiger partial charge < -0.3 is 10.6 Å². The SMILES string of the molecule is O=C1NC(c2ccccc2)C2C(=O)c3ccccc3C2N1. The van der Waals surface area contributed by atoms with Gasteiger partial charge >= 0.3 is 6.03 Å². The van der Waals surface area contributed by atoms with Crippen LogP contribution in [0, 0.1) is 5.92 Å². The maximum Gasteiger partial charge on any atom is 0.315 e. The highest BCUT2D eigenvalue weighted by Gasteiger charge is 2.48. The van der Waals surface area contributed by atoms with Gasteiger partial charge in [0.05, 0.1) is 18.0 Å². The number of fused-ring (bicyclic) bond motifs is 3. The predicted molar refractivity (Wildman–Crippen MR) is 77.9 cm³/mol. The number of hydrogen-bond acceptors (Lipinski definition) is 2. The Bertz CT molecular complexity index is 727. The first-order valence-corrected chi connectivity index (χ1v) is 7.01. The van der Waals surface area contributed by atoms with Crippen LogP contribution in [0.5, 0.6) is 0 Å². The molecule has 1 heterocycles. The zero-order chi connectivity index (χ0) is 14.4. The van der Waals surface area contributed by atoms with Crippen LogP contribution in [0.3, 0.4) is 0 Å². The van der Waals surface area contributed by atoms with Crippen molar-refractivity contribution >= 4 is 11.8 Å².